The van der Waals surface area contributed by atoms with Crippen LogP contribution in [0.4, 0.5) is 5.82 Å². The number of nitrogens with zero attached hydrogens (tertiary/aromatic N) is 4. The number of pyridine rings is 2. The minimum absolute atomic E-state index is 0.552. The Morgan fingerprint density at radius 3 is 2.68 bits per heavy atom. The van der Waals surface area contributed by atoms with E-state index in [2.05, 4.69) is 20.9 Å². The Morgan fingerprint density at radius 2 is 2.05 bits per heavy atom. The van der Waals surface area contributed by atoms with Crippen LogP contribution in [0.2, 0.25) is 0 Å². The summed E-state index contributed by atoms with van der Waals surface area (Å²) in [6.45, 7) is 2.65. The van der Waals surface area contributed by atoms with Gasteiger partial charge in [-0.05, 0) is 37.0 Å². The summed E-state index contributed by atoms with van der Waals surface area (Å²) in [7, 11) is 0. The Balaban J connectivity index is 1.48. The first kappa shape index (κ1) is 14.3. The van der Waals surface area contributed by atoms with Crippen molar-refractivity contribution in [3.05, 3.63) is 48.3 Å². The van der Waals surface area contributed by atoms with E-state index in [0.717, 1.165) is 31.7 Å². The zero-order valence-electron chi connectivity index (χ0n) is 12.4. The fraction of sp³-hybridized carbons (Fsp3) is 0.353. The standard InChI is InChI=1S/C17H18N4O/c18-11-15-4-5-16(20-12-15)21-9-6-14(7-10-21)13-22-17-3-1-2-8-19-17/h1-5,8,12,14H,6-7,9-10,13H2. The molecule has 5 nitrogen and oxygen atoms in total. The lowest BCUT2D eigenvalue weighted by Crippen LogP contribution is -2.36. The van der Waals surface area contributed by atoms with Crippen molar-refractivity contribution in [3.8, 4) is 11.9 Å². The van der Waals surface area contributed by atoms with E-state index in [-0.39, 0.29) is 0 Å². The zero-order chi connectivity index (χ0) is 15.2. The van der Waals surface area contributed by atoms with Crippen LogP contribution in [-0.2, 0) is 0 Å². The molecule has 0 N–H and O–H groups in total. The van der Waals surface area contributed by atoms with Gasteiger partial charge in [-0.3, -0.25) is 0 Å². The molecular weight excluding hydrogens is 276 g/mol. The molecule has 0 radical (unpaired) electrons. The average molecular weight is 294 g/mol. The van der Waals surface area contributed by atoms with E-state index in [1.807, 2.05) is 30.3 Å². The molecule has 0 spiro atoms. The number of rotatable bonds is 4. The van der Waals surface area contributed by atoms with E-state index in [1.165, 1.54) is 0 Å². The highest BCUT2D eigenvalue weighted by Crippen LogP contribution is 2.22. The van der Waals surface area contributed by atoms with Crippen molar-refractivity contribution in [1.29, 1.82) is 5.26 Å². The van der Waals surface area contributed by atoms with Gasteiger partial charge in [0, 0.05) is 31.5 Å². The molecule has 0 atom stereocenters. The molecule has 0 unspecified atom stereocenters. The number of ether oxygens (including phenoxy) is 1. The van der Waals surface area contributed by atoms with Gasteiger partial charge in [-0.1, -0.05) is 6.07 Å². The minimum atomic E-state index is 0.552. The highest BCUT2D eigenvalue weighted by molar-refractivity contribution is 5.42. The largest absolute Gasteiger partial charge is 0.477 e. The van der Waals surface area contributed by atoms with E-state index < -0.39 is 0 Å². The highest BCUT2D eigenvalue weighted by Gasteiger charge is 2.20. The molecule has 0 amide bonds. The summed E-state index contributed by atoms with van der Waals surface area (Å²) >= 11 is 0. The quantitative estimate of drug-likeness (QED) is 0.867. The van der Waals surface area contributed by atoms with E-state index in [9.17, 15) is 0 Å². The Labute approximate surface area is 130 Å². The summed E-state index contributed by atoms with van der Waals surface area (Å²) in [6.07, 6.45) is 5.53. The van der Waals surface area contributed by atoms with Crippen LogP contribution >= 0.6 is 0 Å². The average Bonchev–Trinajstić information content (AvgIpc) is 2.61. The van der Waals surface area contributed by atoms with Crippen LogP contribution < -0.4 is 9.64 Å². The van der Waals surface area contributed by atoms with Crippen LogP contribution in [0.25, 0.3) is 0 Å². The Morgan fingerprint density at radius 1 is 1.18 bits per heavy atom. The van der Waals surface area contributed by atoms with Crippen LogP contribution in [0.15, 0.2) is 42.7 Å². The molecule has 1 fully saturated rings. The normalized spacial score (nSPS) is 15.3. The van der Waals surface area contributed by atoms with Crippen LogP contribution in [0, 0.1) is 17.2 Å². The van der Waals surface area contributed by atoms with Crippen molar-refractivity contribution in [3.63, 3.8) is 0 Å². The molecule has 2 aromatic rings. The van der Waals surface area contributed by atoms with Crippen LogP contribution in [0.1, 0.15) is 18.4 Å². The molecular formula is C17H18N4O. The summed E-state index contributed by atoms with van der Waals surface area (Å²) in [6, 6.07) is 11.5. The predicted octanol–water partition coefficient (Wildman–Crippen LogP) is 2.64. The van der Waals surface area contributed by atoms with Crippen LogP contribution in [0.3, 0.4) is 0 Å². The summed E-state index contributed by atoms with van der Waals surface area (Å²) < 4.78 is 5.74. The minimum Gasteiger partial charge on any atom is -0.477 e. The molecule has 0 aromatic carbocycles. The molecule has 1 aliphatic heterocycles. The smallest absolute Gasteiger partial charge is 0.213 e. The van der Waals surface area contributed by atoms with E-state index in [4.69, 9.17) is 10.00 Å². The van der Waals surface area contributed by atoms with Crippen molar-refractivity contribution < 1.29 is 4.74 Å². The van der Waals surface area contributed by atoms with Crippen LogP contribution in [0.5, 0.6) is 5.88 Å². The molecule has 2 aromatic heterocycles. The van der Waals surface area contributed by atoms with Gasteiger partial charge >= 0.3 is 0 Å². The first-order chi connectivity index (χ1) is 10.8. The van der Waals surface area contributed by atoms with Crippen molar-refractivity contribution >= 4 is 5.82 Å². The first-order valence-corrected chi connectivity index (χ1v) is 7.50. The number of nitriles is 1. The van der Waals surface area contributed by atoms with Gasteiger partial charge < -0.3 is 9.64 Å². The van der Waals surface area contributed by atoms with Crippen molar-refractivity contribution in [2.45, 2.75) is 12.8 Å². The van der Waals surface area contributed by atoms with E-state index in [1.54, 1.807) is 12.4 Å². The lowest BCUT2D eigenvalue weighted by molar-refractivity contribution is 0.216. The van der Waals surface area contributed by atoms with Gasteiger partial charge in [0.05, 0.1) is 12.2 Å². The van der Waals surface area contributed by atoms with Crippen molar-refractivity contribution in [1.82, 2.24) is 9.97 Å². The van der Waals surface area contributed by atoms with Gasteiger partial charge in [-0.25, -0.2) is 9.97 Å². The second-order valence-corrected chi connectivity index (χ2v) is 5.43. The molecule has 3 rings (SSSR count). The fourth-order valence-electron chi connectivity index (χ4n) is 2.60. The van der Waals surface area contributed by atoms with Gasteiger partial charge in [0.15, 0.2) is 0 Å². The Bertz CT molecular complexity index is 628. The van der Waals surface area contributed by atoms with Gasteiger partial charge in [-0.2, -0.15) is 5.26 Å². The van der Waals surface area contributed by atoms with E-state index in [0.29, 0.717) is 24.0 Å². The summed E-state index contributed by atoms with van der Waals surface area (Å²) in [4.78, 5) is 10.8. The second-order valence-electron chi connectivity index (χ2n) is 5.43. The first-order valence-electron chi connectivity index (χ1n) is 7.50. The number of piperidine rings is 1. The third-order valence-electron chi connectivity index (χ3n) is 3.92. The lowest BCUT2D eigenvalue weighted by atomic mass is 9.98. The lowest BCUT2D eigenvalue weighted by Gasteiger charge is -2.32. The predicted molar refractivity (Wildman–Crippen MR) is 83.6 cm³/mol. The maximum Gasteiger partial charge on any atom is 0.213 e. The Hall–Kier alpha value is -2.61. The van der Waals surface area contributed by atoms with Gasteiger partial charge in [0.2, 0.25) is 5.88 Å². The molecule has 5 heteroatoms. The number of anilines is 1. The molecule has 0 saturated carbocycles. The molecule has 22 heavy (non-hydrogen) atoms. The number of aromatic nitrogens is 2. The van der Waals surface area contributed by atoms with E-state index >= 15 is 0 Å². The molecule has 1 saturated heterocycles. The van der Waals surface area contributed by atoms with Gasteiger partial charge in [0.1, 0.15) is 11.9 Å². The highest BCUT2D eigenvalue weighted by atomic mass is 16.5. The number of hydrogen-bond acceptors (Lipinski definition) is 5. The maximum absolute atomic E-state index is 8.80. The molecule has 0 bridgehead atoms. The molecule has 3 heterocycles. The molecule has 1 aliphatic rings. The Kier molecular flexibility index (Phi) is 4.50. The van der Waals surface area contributed by atoms with Crippen molar-refractivity contribution in [2.24, 2.45) is 5.92 Å². The van der Waals surface area contributed by atoms with Crippen molar-refractivity contribution in [2.75, 3.05) is 24.6 Å². The zero-order valence-corrected chi connectivity index (χ0v) is 12.4. The van der Waals surface area contributed by atoms with Gasteiger partial charge in [-0.15, -0.1) is 0 Å². The third-order valence-corrected chi connectivity index (χ3v) is 3.92. The second kappa shape index (κ2) is 6.90. The third kappa shape index (κ3) is 3.53. The SMILES string of the molecule is N#Cc1ccc(N2CCC(COc3ccccn3)CC2)nc1. The number of hydrogen-bond donors (Lipinski definition) is 0. The molecule has 0 aliphatic carbocycles. The fourth-order valence-corrected chi connectivity index (χ4v) is 2.60. The summed E-state index contributed by atoms with van der Waals surface area (Å²) in [5, 5.41) is 8.80. The summed E-state index contributed by atoms with van der Waals surface area (Å²) in [5.74, 6) is 2.19. The molecule has 112 valence electrons. The maximum atomic E-state index is 8.80. The monoisotopic (exact) mass is 294 g/mol. The summed E-state index contributed by atoms with van der Waals surface area (Å²) in [5.41, 5.74) is 0.599. The van der Waals surface area contributed by atoms with Crippen LogP contribution in [-0.4, -0.2) is 29.7 Å². The topological polar surface area (TPSA) is 62.0 Å². The van der Waals surface area contributed by atoms with Gasteiger partial charge in [0.25, 0.3) is 0 Å².